The highest BCUT2D eigenvalue weighted by atomic mass is 32.1. The number of halogens is 1. The van der Waals surface area contributed by atoms with Crippen molar-refractivity contribution in [2.75, 3.05) is 0 Å². The summed E-state index contributed by atoms with van der Waals surface area (Å²) in [5.41, 5.74) is 1.03. The SMILES string of the molecule is Cc1ccc(F)c(S)c1. The number of hydrogen-bond acceptors (Lipinski definition) is 1. The van der Waals surface area contributed by atoms with Crippen molar-refractivity contribution in [2.45, 2.75) is 11.8 Å². The van der Waals surface area contributed by atoms with Crippen LogP contribution in [0.25, 0.3) is 0 Å². The smallest absolute Gasteiger partial charge is 0.136 e. The molecule has 0 nitrogen and oxygen atoms in total. The van der Waals surface area contributed by atoms with Gasteiger partial charge in [-0.2, -0.15) is 0 Å². The molecule has 0 saturated carbocycles. The molecule has 0 bridgehead atoms. The van der Waals surface area contributed by atoms with Gasteiger partial charge in [0.25, 0.3) is 0 Å². The Bertz CT molecular complexity index is 220. The van der Waals surface area contributed by atoms with Crippen LogP contribution in [0.15, 0.2) is 23.1 Å². The van der Waals surface area contributed by atoms with E-state index in [9.17, 15) is 4.39 Å². The van der Waals surface area contributed by atoms with Gasteiger partial charge in [-0.25, -0.2) is 4.39 Å². The zero-order valence-electron chi connectivity index (χ0n) is 5.06. The van der Waals surface area contributed by atoms with Crippen molar-refractivity contribution in [3.63, 3.8) is 0 Å². The summed E-state index contributed by atoms with van der Waals surface area (Å²) in [5, 5.41) is 0. The topological polar surface area (TPSA) is 0 Å². The van der Waals surface area contributed by atoms with Crippen LogP contribution in [0.5, 0.6) is 0 Å². The molecular weight excluding hydrogens is 135 g/mol. The van der Waals surface area contributed by atoms with Crippen LogP contribution >= 0.6 is 12.6 Å². The average Bonchev–Trinajstić information content (AvgIpc) is 1.80. The number of rotatable bonds is 0. The Morgan fingerprint density at radius 3 is 2.56 bits per heavy atom. The van der Waals surface area contributed by atoms with Gasteiger partial charge in [0.2, 0.25) is 0 Å². The summed E-state index contributed by atoms with van der Waals surface area (Å²) in [6.07, 6.45) is 0. The van der Waals surface area contributed by atoms with Crippen molar-refractivity contribution < 1.29 is 4.39 Å². The first kappa shape index (κ1) is 6.62. The molecule has 0 heterocycles. The van der Waals surface area contributed by atoms with Gasteiger partial charge in [0.15, 0.2) is 0 Å². The van der Waals surface area contributed by atoms with Crippen LogP contribution in [-0.2, 0) is 0 Å². The Balaban J connectivity index is 3.17. The molecule has 9 heavy (non-hydrogen) atoms. The summed E-state index contributed by atoms with van der Waals surface area (Å²) >= 11 is 3.89. The van der Waals surface area contributed by atoms with Crippen molar-refractivity contribution in [3.05, 3.63) is 29.6 Å². The molecule has 0 saturated heterocycles. The van der Waals surface area contributed by atoms with E-state index in [1.807, 2.05) is 6.92 Å². The van der Waals surface area contributed by atoms with Gasteiger partial charge in [0.05, 0.1) is 0 Å². The lowest BCUT2D eigenvalue weighted by Gasteiger charge is -1.94. The fraction of sp³-hybridized carbons (Fsp3) is 0.143. The highest BCUT2D eigenvalue weighted by Gasteiger charge is 1.94. The van der Waals surface area contributed by atoms with Crippen molar-refractivity contribution in [3.8, 4) is 0 Å². The van der Waals surface area contributed by atoms with Crippen LogP contribution in [-0.4, -0.2) is 0 Å². The molecule has 1 rings (SSSR count). The van der Waals surface area contributed by atoms with Crippen LogP contribution in [0.3, 0.4) is 0 Å². The minimum atomic E-state index is -0.260. The zero-order valence-corrected chi connectivity index (χ0v) is 5.95. The van der Waals surface area contributed by atoms with Crippen molar-refractivity contribution in [2.24, 2.45) is 0 Å². The van der Waals surface area contributed by atoms with E-state index in [2.05, 4.69) is 12.6 Å². The van der Waals surface area contributed by atoms with E-state index >= 15 is 0 Å². The molecule has 0 aromatic heterocycles. The van der Waals surface area contributed by atoms with Gasteiger partial charge >= 0.3 is 0 Å². The van der Waals surface area contributed by atoms with Gasteiger partial charge in [-0.3, -0.25) is 0 Å². The summed E-state index contributed by atoms with van der Waals surface area (Å²) in [5.74, 6) is -0.260. The maximum atomic E-state index is 12.4. The maximum absolute atomic E-state index is 12.4. The largest absolute Gasteiger partial charge is 0.206 e. The van der Waals surface area contributed by atoms with Gasteiger partial charge in [0.1, 0.15) is 5.82 Å². The summed E-state index contributed by atoms with van der Waals surface area (Å²) in [6, 6.07) is 4.82. The fourth-order valence-electron chi connectivity index (χ4n) is 0.623. The molecule has 48 valence electrons. The van der Waals surface area contributed by atoms with Crippen LogP contribution in [0, 0.1) is 12.7 Å². The van der Waals surface area contributed by atoms with Gasteiger partial charge in [-0.1, -0.05) is 6.07 Å². The predicted molar refractivity (Wildman–Crippen MR) is 38.4 cm³/mol. The quantitative estimate of drug-likeness (QED) is 0.528. The lowest BCUT2D eigenvalue weighted by Crippen LogP contribution is -1.77. The van der Waals surface area contributed by atoms with E-state index in [0.29, 0.717) is 4.90 Å². The van der Waals surface area contributed by atoms with E-state index in [4.69, 9.17) is 0 Å². The first-order valence-corrected chi connectivity index (χ1v) is 3.10. The molecule has 0 spiro atoms. The van der Waals surface area contributed by atoms with E-state index in [1.165, 1.54) is 6.07 Å². The molecule has 0 aliphatic carbocycles. The molecule has 0 fully saturated rings. The second kappa shape index (κ2) is 2.40. The zero-order chi connectivity index (χ0) is 6.85. The minimum Gasteiger partial charge on any atom is -0.206 e. The maximum Gasteiger partial charge on any atom is 0.136 e. The van der Waals surface area contributed by atoms with Gasteiger partial charge in [-0.05, 0) is 24.6 Å². The molecule has 0 aliphatic rings. The van der Waals surface area contributed by atoms with Crippen molar-refractivity contribution >= 4 is 12.6 Å². The molecule has 0 atom stereocenters. The number of benzene rings is 1. The third kappa shape index (κ3) is 1.45. The number of aryl methyl sites for hydroxylation is 1. The predicted octanol–water partition coefficient (Wildman–Crippen LogP) is 2.42. The monoisotopic (exact) mass is 142 g/mol. The summed E-state index contributed by atoms with van der Waals surface area (Å²) in [4.78, 5) is 0.412. The third-order valence-corrected chi connectivity index (χ3v) is 1.44. The molecule has 0 amide bonds. The van der Waals surface area contributed by atoms with Gasteiger partial charge in [-0.15, -0.1) is 12.6 Å². The van der Waals surface area contributed by atoms with Crippen LogP contribution in [0.1, 0.15) is 5.56 Å². The molecule has 1 aromatic carbocycles. The lowest BCUT2D eigenvalue weighted by atomic mass is 10.2. The Hall–Kier alpha value is -0.500. The van der Waals surface area contributed by atoms with Crippen LogP contribution in [0.2, 0.25) is 0 Å². The number of thiol groups is 1. The van der Waals surface area contributed by atoms with E-state index < -0.39 is 0 Å². The van der Waals surface area contributed by atoms with Crippen molar-refractivity contribution in [1.82, 2.24) is 0 Å². The summed E-state index contributed by atoms with van der Waals surface area (Å²) < 4.78 is 12.4. The third-order valence-electron chi connectivity index (χ3n) is 1.10. The standard InChI is InChI=1S/C7H7FS/c1-5-2-3-6(8)7(9)4-5/h2-4,9H,1H3. The second-order valence-corrected chi connectivity index (χ2v) is 2.44. The second-order valence-electron chi connectivity index (χ2n) is 1.95. The molecule has 2 heteroatoms. The molecule has 0 unspecified atom stereocenters. The minimum absolute atomic E-state index is 0.260. The fourth-order valence-corrected chi connectivity index (χ4v) is 0.901. The van der Waals surface area contributed by atoms with E-state index in [0.717, 1.165) is 5.56 Å². The molecule has 0 aliphatic heterocycles. The van der Waals surface area contributed by atoms with Crippen LogP contribution < -0.4 is 0 Å². The first-order chi connectivity index (χ1) is 4.20. The average molecular weight is 142 g/mol. The highest BCUT2D eigenvalue weighted by molar-refractivity contribution is 7.80. The Morgan fingerprint density at radius 2 is 2.11 bits per heavy atom. The molecule has 1 aromatic rings. The molecular formula is C7H7FS. The Kier molecular flexibility index (Phi) is 1.76. The lowest BCUT2D eigenvalue weighted by molar-refractivity contribution is 0.602. The Morgan fingerprint density at radius 1 is 1.44 bits per heavy atom. The summed E-state index contributed by atoms with van der Waals surface area (Å²) in [7, 11) is 0. The molecule has 0 radical (unpaired) electrons. The summed E-state index contributed by atoms with van der Waals surface area (Å²) in [6.45, 7) is 1.90. The van der Waals surface area contributed by atoms with Gasteiger partial charge in [0, 0.05) is 4.90 Å². The normalized spacial score (nSPS) is 9.67. The van der Waals surface area contributed by atoms with E-state index in [1.54, 1.807) is 12.1 Å². The highest BCUT2D eigenvalue weighted by Crippen LogP contribution is 2.12. The number of hydrogen-bond donors (Lipinski definition) is 1. The molecule has 0 N–H and O–H groups in total. The van der Waals surface area contributed by atoms with E-state index in [-0.39, 0.29) is 5.82 Å². The van der Waals surface area contributed by atoms with Gasteiger partial charge < -0.3 is 0 Å². The Labute approximate surface area is 59.1 Å². The first-order valence-electron chi connectivity index (χ1n) is 2.65. The van der Waals surface area contributed by atoms with Crippen molar-refractivity contribution in [1.29, 1.82) is 0 Å². The van der Waals surface area contributed by atoms with Crippen LogP contribution in [0.4, 0.5) is 4.39 Å².